The number of hydrogen-bond donors (Lipinski definition) is 2. The minimum Gasteiger partial charge on any atom is -0.357 e. The van der Waals surface area contributed by atoms with Crippen molar-refractivity contribution in [2.24, 2.45) is 0 Å². The van der Waals surface area contributed by atoms with Crippen molar-refractivity contribution in [3.63, 3.8) is 0 Å². The molecule has 90 valence electrons. The minimum absolute atomic E-state index is 0.0449. The number of rotatable bonds is 2. The van der Waals surface area contributed by atoms with Gasteiger partial charge in [-0.3, -0.25) is 14.9 Å². The summed E-state index contributed by atoms with van der Waals surface area (Å²) in [5.41, 5.74) is 0. The third kappa shape index (κ3) is 2.17. The molecule has 2 saturated heterocycles. The molecule has 0 bridgehead atoms. The van der Waals surface area contributed by atoms with Crippen LogP contribution in [0.4, 0.5) is 0 Å². The number of carbonyl (C=O) groups is 2. The fourth-order valence-corrected chi connectivity index (χ4v) is 3.16. The third-order valence-corrected chi connectivity index (χ3v) is 4.04. The number of likely N-dealkylation sites (tertiary alicyclic amines) is 1. The molecule has 2 unspecified atom stereocenters. The molecule has 2 atom stereocenters. The van der Waals surface area contributed by atoms with Crippen molar-refractivity contribution in [2.45, 2.75) is 24.9 Å². The van der Waals surface area contributed by atoms with E-state index in [4.69, 9.17) is 0 Å². The second-order valence-corrected chi connectivity index (χ2v) is 5.11. The summed E-state index contributed by atoms with van der Waals surface area (Å²) in [4.78, 5) is 25.5. The maximum absolute atomic E-state index is 12.1. The second kappa shape index (κ2) is 5.05. The summed E-state index contributed by atoms with van der Waals surface area (Å²) < 4.78 is 0. The maximum Gasteiger partial charge on any atom is 0.242 e. The SMILES string of the molecule is CNC(=O)C1CCCN1C(=O)C1CSCN1. The van der Waals surface area contributed by atoms with E-state index in [0.717, 1.165) is 24.5 Å². The van der Waals surface area contributed by atoms with Gasteiger partial charge in [-0.25, -0.2) is 0 Å². The molecule has 2 rings (SSSR count). The zero-order valence-electron chi connectivity index (χ0n) is 9.36. The smallest absolute Gasteiger partial charge is 0.242 e. The highest BCUT2D eigenvalue weighted by Crippen LogP contribution is 2.21. The third-order valence-electron chi connectivity index (χ3n) is 3.10. The molecular formula is C10H17N3O2S. The van der Waals surface area contributed by atoms with Crippen molar-refractivity contribution in [2.75, 3.05) is 25.2 Å². The van der Waals surface area contributed by atoms with Gasteiger partial charge in [-0.05, 0) is 12.8 Å². The van der Waals surface area contributed by atoms with E-state index < -0.39 is 0 Å². The summed E-state index contributed by atoms with van der Waals surface area (Å²) in [6.45, 7) is 0.708. The van der Waals surface area contributed by atoms with Gasteiger partial charge < -0.3 is 10.2 Å². The Morgan fingerprint density at radius 3 is 2.94 bits per heavy atom. The zero-order chi connectivity index (χ0) is 11.5. The summed E-state index contributed by atoms with van der Waals surface area (Å²) in [6, 6.07) is -0.361. The molecule has 0 aromatic heterocycles. The van der Waals surface area contributed by atoms with Crippen molar-refractivity contribution >= 4 is 23.6 Å². The van der Waals surface area contributed by atoms with Crippen LogP contribution < -0.4 is 10.6 Å². The highest BCUT2D eigenvalue weighted by Gasteiger charge is 2.37. The maximum atomic E-state index is 12.1. The van der Waals surface area contributed by atoms with Gasteiger partial charge in [0, 0.05) is 25.2 Å². The lowest BCUT2D eigenvalue weighted by Crippen LogP contribution is -2.51. The molecule has 2 aliphatic rings. The van der Waals surface area contributed by atoms with Gasteiger partial charge in [0.2, 0.25) is 11.8 Å². The van der Waals surface area contributed by atoms with E-state index in [0.29, 0.717) is 6.54 Å². The lowest BCUT2D eigenvalue weighted by Gasteiger charge is -2.25. The van der Waals surface area contributed by atoms with Crippen molar-refractivity contribution in [3.8, 4) is 0 Å². The van der Waals surface area contributed by atoms with Crippen LogP contribution in [0.5, 0.6) is 0 Å². The summed E-state index contributed by atoms with van der Waals surface area (Å²) >= 11 is 1.73. The molecule has 2 amide bonds. The van der Waals surface area contributed by atoms with Crippen LogP contribution in [0.15, 0.2) is 0 Å². The first-order chi connectivity index (χ1) is 7.74. The number of hydrogen-bond acceptors (Lipinski definition) is 4. The van der Waals surface area contributed by atoms with Crippen molar-refractivity contribution in [1.29, 1.82) is 0 Å². The molecule has 0 saturated carbocycles. The number of thioether (sulfide) groups is 1. The fraction of sp³-hybridized carbons (Fsp3) is 0.800. The Hall–Kier alpha value is -0.750. The molecule has 0 radical (unpaired) electrons. The number of nitrogens with one attached hydrogen (secondary N) is 2. The highest BCUT2D eigenvalue weighted by molar-refractivity contribution is 7.99. The number of amides is 2. The molecule has 0 aromatic rings. The highest BCUT2D eigenvalue weighted by atomic mass is 32.2. The number of carbonyl (C=O) groups excluding carboxylic acids is 2. The van der Waals surface area contributed by atoms with Gasteiger partial charge in [-0.2, -0.15) is 0 Å². The molecule has 2 fully saturated rings. The van der Waals surface area contributed by atoms with Crippen LogP contribution >= 0.6 is 11.8 Å². The summed E-state index contributed by atoms with van der Waals surface area (Å²) in [7, 11) is 1.62. The van der Waals surface area contributed by atoms with E-state index in [1.807, 2.05) is 0 Å². The lowest BCUT2D eigenvalue weighted by atomic mass is 10.2. The minimum atomic E-state index is -0.259. The summed E-state index contributed by atoms with van der Waals surface area (Å²) in [6.07, 6.45) is 1.70. The summed E-state index contributed by atoms with van der Waals surface area (Å²) in [5.74, 6) is 1.68. The van der Waals surface area contributed by atoms with Crippen molar-refractivity contribution in [1.82, 2.24) is 15.5 Å². The van der Waals surface area contributed by atoms with Gasteiger partial charge >= 0.3 is 0 Å². The predicted octanol–water partition coefficient (Wildman–Crippen LogP) is -0.614. The molecular weight excluding hydrogens is 226 g/mol. The van der Waals surface area contributed by atoms with Crippen LogP contribution in [0.25, 0.3) is 0 Å². The second-order valence-electron chi connectivity index (χ2n) is 4.08. The Kier molecular flexibility index (Phi) is 3.70. The molecule has 5 nitrogen and oxygen atoms in total. The molecule has 2 heterocycles. The van der Waals surface area contributed by atoms with Gasteiger partial charge in [0.1, 0.15) is 6.04 Å². The zero-order valence-corrected chi connectivity index (χ0v) is 10.2. The van der Waals surface area contributed by atoms with E-state index in [9.17, 15) is 9.59 Å². The summed E-state index contributed by atoms with van der Waals surface area (Å²) in [5, 5.41) is 5.77. The first kappa shape index (κ1) is 11.7. The normalized spacial score (nSPS) is 29.4. The fourth-order valence-electron chi connectivity index (χ4n) is 2.22. The molecule has 0 aliphatic carbocycles. The average Bonchev–Trinajstić information content (AvgIpc) is 2.97. The monoisotopic (exact) mass is 243 g/mol. The molecule has 6 heteroatoms. The van der Waals surface area contributed by atoms with Crippen LogP contribution in [-0.4, -0.2) is 54.0 Å². The first-order valence-electron chi connectivity index (χ1n) is 5.57. The molecule has 0 aromatic carbocycles. The Balaban J connectivity index is 2.01. The van der Waals surface area contributed by atoms with E-state index in [1.54, 1.807) is 23.7 Å². The van der Waals surface area contributed by atoms with Gasteiger partial charge in [0.15, 0.2) is 0 Å². The Bertz CT molecular complexity index is 292. The largest absolute Gasteiger partial charge is 0.357 e. The Labute approximate surface area is 99.3 Å². The van der Waals surface area contributed by atoms with Gasteiger partial charge in [0.25, 0.3) is 0 Å². The number of nitrogens with zero attached hydrogens (tertiary/aromatic N) is 1. The van der Waals surface area contributed by atoms with Crippen molar-refractivity contribution < 1.29 is 9.59 Å². The Morgan fingerprint density at radius 1 is 1.50 bits per heavy atom. The van der Waals surface area contributed by atoms with Gasteiger partial charge in [0.05, 0.1) is 6.04 Å². The van der Waals surface area contributed by atoms with Gasteiger partial charge in [-0.1, -0.05) is 0 Å². The quantitative estimate of drug-likeness (QED) is 0.679. The van der Waals surface area contributed by atoms with Crippen LogP contribution in [0.1, 0.15) is 12.8 Å². The average molecular weight is 243 g/mol. The molecule has 2 aliphatic heterocycles. The number of likely N-dealkylation sites (N-methyl/N-ethyl adjacent to an activating group) is 1. The Morgan fingerprint density at radius 2 is 2.31 bits per heavy atom. The topological polar surface area (TPSA) is 61.4 Å². The van der Waals surface area contributed by atoms with E-state index in [2.05, 4.69) is 10.6 Å². The van der Waals surface area contributed by atoms with Crippen LogP contribution in [0, 0.1) is 0 Å². The van der Waals surface area contributed by atoms with E-state index >= 15 is 0 Å². The lowest BCUT2D eigenvalue weighted by molar-refractivity contribution is -0.139. The molecule has 0 spiro atoms. The van der Waals surface area contributed by atoms with E-state index in [1.165, 1.54) is 0 Å². The van der Waals surface area contributed by atoms with E-state index in [-0.39, 0.29) is 23.9 Å². The first-order valence-corrected chi connectivity index (χ1v) is 6.72. The van der Waals surface area contributed by atoms with Gasteiger partial charge in [-0.15, -0.1) is 11.8 Å². The molecule has 16 heavy (non-hydrogen) atoms. The van der Waals surface area contributed by atoms with Crippen molar-refractivity contribution in [3.05, 3.63) is 0 Å². The standard InChI is InChI=1S/C10H17N3O2S/c1-11-9(14)8-3-2-4-13(8)10(15)7-5-16-6-12-7/h7-8,12H,2-6H2,1H3,(H,11,14). The molecule has 2 N–H and O–H groups in total. The van der Waals surface area contributed by atoms with Crippen LogP contribution in [-0.2, 0) is 9.59 Å². The predicted molar refractivity (Wildman–Crippen MR) is 63.1 cm³/mol. The van der Waals surface area contributed by atoms with Crippen LogP contribution in [0.3, 0.4) is 0 Å². The van der Waals surface area contributed by atoms with Crippen LogP contribution in [0.2, 0.25) is 0 Å².